The van der Waals surface area contributed by atoms with E-state index < -0.39 is 0 Å². The third-order valence-electron chi connectivity index (χ3n) is 11.3. The van der Waals surface area contributed by atoms with Crippen LogP contribution in [-0.4, -0.2) is 23.4 Å². The monoisotopic (exact) mass is 414 g/mol. The van der Waals surface area contributed by atoms with Crippen LogP contribution in [0.4, 0.5) is 0 Å². The summed E-state index contributed by atoms with van der Waals surface area (Å²) in [7, 11) is 0. The number of rotatable bonds is 6. The fourth-order valence-corrected chi connectivity index (χ4v) is 9.13. The molecule has 1 N–H and O–H groups in total. The van der Waals surface area contributed by atoms with Gasteiger partial charge in [0.2, 0.25) is 0 Å². The molecule has 4 aliphatic carbocycles. The van der Waals surface area contributed by atoms with Crippen LogP contribution in [0.25, 0.3) is 0 Å². The van der Waals surface area contributed by atoms with Crippen molar-refractivity contribution in [2.24, 2.45) is 40.4 Å². The molecule has 0 aromatic carbocycles. The molecule has 2 heteroatoms. The highest BCUT2D eigenvalue weighted by atomic mass is 16.6. The van der Waals surface area contributed by atoms with Gasteiger partial charge in [0.05, 0.1) is 18.3 Å². The van der Waals surface area contributed by atoms with E-state index in [0.29, 0.717) is 10.8 Å². The molecular formula is C28H46O2. The standard InChI is InChI=1S/C28H46O2/c1-5-19(28(4)18-30-28)7-6-8-20-10-12-24-23-11-9-21-17-22(29)13-15-27(21,3)25(23)14-16-26(20,24)2/h9,19-20,22-25,29H,5-8,10-18H2,1-4H3/t19-,20-,22-,23?,24?,25?,26+,27-,28+/m0/s1. The molecule has 5 aliphatic rings. The molecule has 1 aliphatic heterocycles. The third-order valence-corrected chi connectivity index (χ3v) is 11.3. The number of hydrogen-bond acceptors (Lipinski definition) is 2. The second-order valence-electron chi connectivity index (χ2n) is 12.6. The molecule has 1 heterocycles. The number of fused-ring (bicyclic) bond motifs is 5. The number of aliphatic hydroxyl groups excluding tert-OH is 1. The second kappa shape index (κ2) is 7.62. The molecule has 0 aromatic heterocycles. The quantitative estimate of drug-likeness (QED) is 0.378. The van der Waals surface area contributed by atoms with Gasteiger partial charge in [-0.05, 0) is 112 Å². The van der Waals surface area contributed by atoms with Crippen molar-refractivity contribution in [1.29, 1.82) is 0 Å². The van der Waals surface area contributed by atoms with E-state index in [9.17, 15) is 5.11 Å². The summed E-state index contributed by atoms with van der Waals surface area (Å²) in [5.74, 6) is 4.43. The van der Waals surface area contributed by atoms with Crippen LogP contribution >= 0.6 is 0 Å². The van der Waals surface area contributed by atoms with Gasteiger partial charge in [0.25, 0.3) is 0 Å². The van der Waals surface area contributed by atoms with Gasteiger partial charge in [0.1, 0.15) is 0 Å². The Kier molecular flexibility index (Phi) is 5.46. The zero-order valence-corrected chi connectivity index (χ0v) is 20.1. The van der Waals surface area contributed by atoms with Gasteiger partial charge in [-0.3, -0.25) is 0 Å². The zero-order valence-electron chi connectivity index (χ0n) is 20.1. The lowest BCUT2D eigenvalue weighted by Gasteiger charge is -2.58. The Morgan fingerprint density at radius 1 is 1.10 bits per heavy atom. The predicted octanol–water partition coefficient (Wildman–Crippen LogP) is 6.91. The molecule has 170 valence electrons. The van der Waals surface area contributed by atoms with E-state index in [4.69, 9.17) is 4.74 Å². The van der Waals surface area contributed by atoms with Crippen molar-refractivity contribution in [3.8, 4) is 0 Å². The summed E-state index contributed by atoms with van der Waals surface area (Å²) in [4.78, 5) is 0. The Labute approximate surface area is 185 Å². The van der Waals surface area contributed by atoms with E-state index >= 15 is 0 Å². The highest BCUT2D eigenvalue weighted by molar-refractivity contribution is 5.25. The maximum Gasteiger partial charge on any atom is 0.0916 e. The van der Waals surface area contributed by atoms with Crippen LogP contribution in [0.5, 0.6) is 0 Å². The summed E-state index contributed by atoms with van der Waals surface area (Å²) in [5, 5.41) is 10.2. The zero-order chi connectivity index (χ0) is 21.1. The van der Waals surface area contributed by atoms with Crippen LogP contribution in [0.1, 0.15) is 105 Å². The molecule has 0 radical (unpaired) electrons. The summed E-state index contributed by atoms with van der Waals surface area (Å²) in [6, 6.07) is 0. The van der Waals surface area contributed by atoms with Gasteiger partial charge < -0.3 is 9.84 Å². The molecule has 1 saturated heterocycles. The van der Waals surface area contributed by atoms with Crippen LogP contribution in [0, 0.1) is 40.4 Å². The molecule has 3 unspecified atom stereocenters. The van der Waals surface area contributed by atoms with E-state index in [2.05, 4.69) is 33.8 Å². The summed E-state index contributed by atoms with van der Waals surface area (Å²) < 4.78 is 5.77. The first-order chi connectivity index (χ1) is 14.3. The van der Waals surface area contributed by atoms with E-state index in [-0.39, 0.29) is 11.7 Å². The molecule has 0 amide bonds. The number of hydrogen-bond donors (Lipinski definition) is 1. The first-order valence-corrected chi connectivity index (χ1v) is 13.3. The van der Waals surface area contributed by atoms with Crippen LogP contribution in [0.2, 0.25) is 0 Å². The lowest BCUT2D eigenvalue weighted by molar-refractivity contribution is -0.0510. The van der Waals surface area contributed by atoms with Gasteiger partial charge in [-0.2, -0.15) is 0 Å². The summed E-state index contributed by atoms with van der Waals surface area (Å²) in [5.41, 5.74) is 2.79. The number of aliphatic hydroxyl groups is 1. The van der Waals surface area contributed by atoms with Gasteiger partial charge in [0, 0.05) is 0 Å². The molecule has 5 rings (SSSR count). The molecule has 0 spiro atoms. The largest absolute Gasteiger partial charge is 0.393 e. The number of ether oxygens (including phenoxy) is 1. The smallest absolute Gasteiger partial charge is 0.0916 e. The highest BCUT2D eigenvalue weighted by Gasteiger charge is 2.58. The van der Waals surface area contributed by atoms with E-state index in [1.54, 1.807) is 5.57 Å². The van der Waals surface area contributed by atoms with Crippen LogP contribution in [0.3, 0.4) is 0 Å². The van der Waals surface area contributed by atoms with Gasteiger partial charge >= 0.3 is 0 Å². The Balaban J connectivity index is 1.25. The van der Waals surface area contributed by atoms with E-state index in [0.717, 1.165) is 49.0 Å². The summed E-state index contributed by atoms with van der Waals surface area (Å²) in [6.07, 6.45) is 18.3. The summed E-state index contributed by atoms with van der Waals surface area (Å²) in [6.45, 7) is 10.9. The van der Waals surface area contributed by atoms with Gasteiger partial charge in [0.15, 0.2) is 0 Å². The average Bonchev–Trinajstić information content (AvgIpc) is 3.37. The molecule has 4 fully saturated rings. The van der Waals surface area contributed by atoms with Crippen molar-refractivity contribution in [2.75, 3.05) is 6.61 Å². The Hall–Kier alpha value is -0.340. The minimum Gasteiger partial charge on any atom is -0.393 e. The maximum atomic E-state index is 10.2. The van der Waals surface area contributed by atoms with Crippen molar-refractivity contribution in [3.05, 3.63) is 11.6 Å². The predicted molar refractivity (Wildman–Crippen MR) is 123 cm³/mol. The van der Waals surface area contributed by atoms with Crippen LogP contribution in [0.15, 0.2) is 11.6 Å². The topological polar surface area (TPSA) is 32.8 Å². The van der Waals surface area contributed by atoms with Gasteiger partial charge in [-0.1, -0.05) is 45.3 Å². The molecule has 30 heavy (non-hydrogen) atoms. The molecular weight excluding hydrogens is 368 g/mol. The molecule has 9 atom stereocenters. The van der Waals surface area contributed by atoms with Crippen LogP contribution < -0.4 is 0 Å². The first-order valence-electron chi connectivity index (χ1n) is 13.3. The van der Waals surface area contributed by atoms with Gasteiger partial charge in [-0.15, -0.1) is 0 Å². The number of allylic oxidation sites excluding steroid dienone is 1. The number of epoxide rings is 1. The maximum absolute atomic E-state index is 10.2. The first kappa shape index (κ1) is 21.5. The Morgan fingerprint density at radius 2 is 1.90 bits per heavy atom. The lowest BCUT2D eigenvalue weighted by Crippen LogP contribution is -2.50. The third kappa shape index (κ3) is 3.35. The summed E-state index contributed by atoms with van der Waals surface area (Å²) >= 11 is 0. The van der Waals surface area contributed by atoms with Gasteiger partial charge in [-0.25, -0.2) is 0 Å². The molecule has 0 aromatic rings. The minimum atomic E-state index is -0.0826. The van der Waals surface area contributed by atoms with Crippen molar-refractivity contribution in [3.63, 3.8) is 0 Å². The second-order valence-corrected chi connectivity index (χ2v) is 12.6. The average molecular weight is 415 g/mol. The Bertz CT molecular complexity index is 678. The normalized spacial score (nSPS) is 50.8. The fourth-order valence-electron chi connectivity index (χ4n) is 9.13. The van der Waals surface area contributed by atoms with Crippen molar-refractivity contribution < 1.29 is 9.84 Å². The molecule has 0 bridgehead atoms. The minimum absolute atomic E-state index is 0.0826. The SMILES string of the molecule is CC[C@@H](CCC[C@H]1CCC2C3CC=C4C[C@@H](O)CC[C@]4(C)C3CC[C@@]21C)[C@@]1(C)CO1. The fraction of sp³-hybridized carbons (Fsp3) is 0.929. The molecule has 2 nitrogen and oxygen atoms in total. The van der Waals surface area contributed by atoms with Crippen LogP contribution in [-0.2, 0) is 4.74 Å². The van der Waals surface area contributed by atoms with Crippen molar-refractivity contribution in [2.45, 2.75) is 116 Å². The van der Waals surface area contributed by atoms with Crippen molar-refractivity contribution in [1.82, 2.24) is 0 Å². The van der Waals surface area contributed by atoms with E-state index in [1.165, 1.54) is 64.2 Å². The molecule has 3 saturated carbocycles. The lowest BCUT2D eigenvalue weighted by atomic mass is 9.47. The Morgan fingerprint density at radius 3 is 2.63 bits per heavy atom. The van der Waals surface area contributed by atoms with E-state index in [1.807, 2.05) is 0 Å². The van der Waals surface area contributed by atoms with Crippen molar-refractivity contribution >= 4 is 0 Å². The highest BCUT2D eigenvalue weighted by Crippen LogP contribution is 2.66.